The predicted molar refractivity (Wildman–Crippen MR) is 99.3 cm³/mol. The molecule has 118 valence electrons. The van der Waals surface area contributed by atoms with E-state index in [1.165, 1.54) is 0 Å². The number of nitrogens with two attached hydrogens (primary N) is 1. The fourth-order valence-electron chi connectivity index (χ4n) is 2.34. The third-order valence-electron chi connectivity index (χ3n) is 3.53. The van der Waals surface area contributed by atoms with E-state index in [0.29, 0.717) is 31.9 Å². The fraction of sp³-hybridized carbons (Fsp3) is 0. The van der Waals surface area contributed by atoms with E-state index < -0.39 is 0 Å². The molecule has 0 saturated heterocycles. The van der Waals surface area contributed by atoms with Gasteiger partial charge in [0, 0.05) is 16.1 Å². The van der Waals surface area contributed by atoms with Gasteiger partial charge in [0.1, 0.15) is 17.5 Å². The molecular formula is C18H10Cl3N3. The van der Waals surface area contributed by atoms with Crippen LogP contribution >= 0.6 is 34.8 Å². The third-order valence-corrected chi connectivity index (χ3v) is 4.52. The number of aromatic nitrogens is 1. The summed E-state index contributed by atoms with van der Waals surface area (Å²) in [5.41, 5.74) is 9.18. The van der Waals surface area contributed by atoms with Crippen LogP contribution < -0.4 is 5.73 Å². The maximum absolute atomic E-state index is 9.42. The normalized spacial score (nSPS) is 10.4. The molecule has 2 N–H and O–H groups in total. The van der Waals surface area contributed by atoms with Gasteiger partial charge in [0.15, 0.2) is 0 Å². The van der Waals surface area contributed by atoms with Crippen molar-refractivity contribution in [3.05, 3.63) is 69.2 Å². The molecule has 0 fully saturated rings. The first-order valence-corrected chi connectivity index (χ1v) is 8.05. The zero-order valence-corrected chi connectivity index (χ0v) is 14.5. The van der Waals surface area contributed by atoms with Crippen molar-refractivity contribution in [2.24, 2.45) is 0 Å². The number of pyridine rings is 1. The Balaban J connectivity index is 2.21. The van der Waals surface area contributed by atoms with Crippen LogP contribution in [-0.4, -0.2) is 4.98 Å². The Morgan fingerprint density at radius 1 is 0.875 bits per heavy atom. The summed E-state index contributed by atoms with van der Waals surface area (Å²) in [6, 6.07) is 16.3. The van der Waals surface area contributed by atoms with Crippen LogP contribution in [-0.2, 0) is 0 Å². The first-order valence-electron chi connectivity index (χ1n) is 6.91. The molecule has 0 aliphatic rings. The average molecular weight is 375 g/mol. The van der Waals surface area contributed by atoms with Crippen molar-refractivity contribution in [2.75, 3.05) is 5.73 Å². The molecule has 0 aliphatic heterocycles. The SMILES string of the molecule is N#Cc1c(-c2ccc(Cl)cc2)cc(-c2ccc(Cl)c(Cl)c2)nc1N. The summed E-state index contributed by atoms with van der Waals surface area (Å²) in [4.78, 5) is 4.32. The van der Waals surface area contributed by atoms with Crippen molar-refractivity contribution in [3.63, 3.8) is 0 Å². The van der Waals surface area contributed by atoms with E-state index in [-0.39, 0.29) is 5.82 Å². The average Bonchev–Trinajstić information content (AvgIpc) is 2.57. The van der Waals surface area contributed by atoms with Crippen LogP contribution in [0.15, 0.2) is 48.5 Å². The minimum Gasteiger partial charge on any atom is -0.383 e. The van der Waals surface area contributed by atoms with Crippen molar-refractivity contribution >= 4 is 40.6 Å². The van der Waals surface area contributed by atoms with Gasteiger partial charge >= 0.3 is 0 Å². The van der Waals surface area contributed by atoms with Crippen molar-refractivity contribution in [2.45, 2.75) is 0 Å². The lowest BCUT2D eigenvalue weighted by atomic mass is 9.98. The van der Waals surface area contributed by atoms with Gasteiger partial charge in [-0.05, 0) is 35.9 Å². The van der Waals surface area contributed by atoms with Gasteiger partial charge in [0.05, 0.1) is 15.7 Å². The van der Waals surface area contributed by atoms with Crippen LogP contribution in [0.3, 0.4) is 0 Å². The maximum Gasteiger partial charge on any atom is 0.142 e. The van der Waals surface area contributed by atoms with Gasteiger partial charge in [-0.1, -0.05) is 53.0 Å². The Kier molecular flexibility index (Phi) is 4.64. The Hall–Kier alpha value is -2.25. The van der Waals surface area contributed by atoms with Crippen molar-refractivity contribution in [1.82, 2.24) is 4.98 Å². The van der Waals surface area contributed by atoms with Crippen LogP contribution in [0.1, 0.15) is 5.56 Å². The smallest absolute Gasteiger partial charge is 0.142 e. The van der Waals surface area contributed by atoms with Gasteiger partial charge in [0.2, 0.25) is 0 Å². The number of nitrogens with zero attached hydrogens (tertiary/aromatic N) is 2. The van der Waals surface area contributed by atoms with E-state index in [0.717, 1.165) is 11.1 Å². The number of hydrogen-bond acceptors (Lipinski definition) is 3. The molecule has 0 aliphatic carbocycles. The number of hydrogen-bond donors (Lipinski definition) is 1. The molecular weight excluding hydrogens is 365 g/mol. The second-order valence-corrected chi connectivity index (χ2v) is 6.31. The summed E-state index contributed by atoms with van der Waals surface area (Å²) in [7, 11) is 0. The molecule has 3 rings (SSSR count). The topological polar surface area (TPSA) is 62.7 Å². The number of anilines is 1. The maximum atomic E-state index is 9.42. The van der Waals surface area contributed by atoms with Gasteiger partial charge < -0.3 is 5.73 Å². The molecule has 1 aromatic heterocycles. The number of benzene rings is 2. The zero-order chi connectivity index (χ0) is 17.3. The number of rotatable bonds is 2. The molecule has 0 saturated carbocycles. The summed E-state index contributed by atoms with van der Waals surface area (Å²) in [5, 5.41) is 10.9. The Labute approximate surface area is 154 Å². The number of halogens is 3. The second-order valence-electron chi connectivity index (χ2n) is 5.06. The van der Waals surface area contributed by atoms with Crippen LogP contribution in [0, 0.1) is 11.3 Å². The highest BCUT2D eigenvalue weighted by Crippen LogP contribution is 2.33. The molecule has 6 heteroatoms. The van der Waals surface area contributed by atoms with E-state index in [9.17, 15) is 5.26 Å². The Morgan fingerprint density at radius 3 is 2.17 bits per heavy atom. The molecule has 0 unspecified atom stereocenters. The Morgan fingerprint density at radius 2 is 1.54 bits per heavy atom. The minimum absolute atomic E-state index is 0.158. The van der Waals surface area contributed by atoms with Gasteiger partial charge in [-0.25, -0.2) is 4.98 Å². The third kappa shape index (κ3) is 3.18. The van der Waals surface area contributed by atoms with Crippen molar-refractivity contribution in [3.8, 4) is 28.5 Å². The molecule has 3 nitrogen and oxygen atoms in total. The van der Waals surface area contributed by atoms with Crippen molar-refractivity contribution in [1.29, 1.82) is 5.26 Å². The van der Waals surface area contributed by atoms with Crippen molar-refractivity contribution < 1.29 is 0 Å². The summed E-state index contributed by atoms with van der Waals surface area (Å²) in [6.07, 6.45) is 0. The van der Waals surface area contributed by atoms with E-state index in [2.05, 4.69) is 11.1 Å². The lowest BCUT2D eigenvalue weighted by Gasteiger charge is -2.11. The van der Waals surface area contributed by atoms with Crippen LogP contribution in [0.25, 0.3) is 22.4 Å². The van der Waals surface area contributed by atoms with Crippen LogP contribution in [0.5, 0.6) is 0 Å². The second kappa shape index (κ2) is 6.70. The molecule has 1 heterocycles. The first kappa shape index (κ1) is 16.6. The molecule has 2 aromatic carbocycles. The highest BCUT2D eigenvalue weighted by Gasteiger charge is 2.14. The van der Waals surface area contributed by atoms with E-state index in [1.807, 2.05) is 12.1 Å². The molecule has 0 spiro atoms. The lowest BCUT2D eigenvalue weighted by Crippen LogP contribution is -1.99. The minimum atomic E-state index is 0.158. The molecule has 0 atom stereocenters. The summed E-state index contributed by atoms with van der Waals surface area (Å²) in [6.45, 7) is 0. The van der Waals surface area contributed by atoms with Crippen LogP contribution in [0.2, 0.25) is 15.1 Å². The summed E-state index contributed by atoms with van der Waals surface area (Å²) >= 11 is 18.0. The molecule has 0 bridgehead atoms. The quantitative estimate of drug-likeness (QED) is 0.614. The number of nitrogen functional groups attached to an aromatic ring is 1. The molecule has 0 amide bonds. The first-order chi connectivity index (χ1) is 11.5. The summed E-state index contributed by atoms with van der Waals surface area (Å²) in [5.74, 6) is 0.158. The van der Waals surface area contributed by atoms with E-state index in [4.69, 9.17) is 40.5 Å². The largest absolute Gasteiger partial charge is 0.383 e. The van der Waals surface area contributed by atoms with Gasteiger partial charge in [-0.15, -0.1) is 0 Å². The van der Waals surface area contributed by atoms with Gasteiger partial charge in [0.25, 0.3) is 0 Å². The molecule has 0 radical (unpaired) electrons. The predicted octanol–water partition coefficient (Wildman–Crippen LogP) is 5.83. The lowest BCUT2D eigenvalue weighted by molar-refractivity contribution is 1.31. The standard InChI is InChI=1S/C18H10Cl3N3/c19-12-4-1-10(2-5-12)13-8-17(24-18(23)14(13)9-22)11-3-6-15(20)16(21)7-11/h1-8H,(H2,23,24). The molecule has 3 aromatic rings. The summed E-state index contributed by atoms with van der Waals surface area (Å²) < 4.78 is 0. The highest BCUT2D eigenvalue weighted by molar-refractivity contribution is 6.42. The van der Waals surface area contributed by atoms with Gasteiger partial charge in [-0.2, -0.15) is 5.26 Å². The Bertz CT molecular complexity index is 960. The van der Waals surface area contributed by atoms with Gasteiger partial charge in [-0.3, -0.25) is 0 Å². The van der Waals surface area contributed by atoms with E-state index in [1.54, 1.807) is 36.4 Å². The monoisotopic (exact) mass is 373 g/mol. The van der Waals surface area contributed by atoms with E-state index >= 15 is 0 Å². The van der Waals surface area contributed by atoms with Crippen LogP contribution in [0.4, 0.5) is 5.82 Å². The fourth-order valence-corrected chi connectivity index (χ4v) is 2.77. The molecule has 24 heavy (non-hydrogen) atoms. The number of nitriles is 1. The zero-order valence-electron chi connectivity index (χ0n) is 12.2. The highest BCUT2D eigenvalue weighted by atomic mass is 35.5.